The smallest absolute Gasteiger partial charge is 0.290 e. The lowest BCUT2D eigenvalue weighted by atomic mass is 9.74. The number of carbonyl (C=O) groups is 2. The number of alkyl halides is 3. The van der Waals surface area contributed by atoms with Gasteiger partial charge in [0.15, 0.2) is 5.78 Å². The predicted octanol–water partition coefficient (Wildman–Crippen LogP) is 6.64. The lowest BCUT2D eigenvalue weighted by Crippen LogP contribution is -2.31. The van der Waals surface area contributed by atoms with Gasteiger partial charge in [-0.3, -0.25) is 14.5 Å². The minimum absolute atomic E-state index is 0.162. The molecule has 2 aromatic carbocycles. The van der Waals surface area contributed by atoms with E-state index in [1.807, 2.05) is 6.07 Å². The highest BCUT2D eigenvalue weighted by Gasteiger charge is 2.37. The van der Waals surface area contributed by atoms with E-state index >= 15 is 0 Å². The lowest BCUT2D eigenvalue weighted by molar-refractivity contribution is -0.138. The minimum atomic E-state index is -4.65. The van der Waals surface area contributed by atoms with E-state index in [0.717, 1.165) is 43.1 Å². The highest BCUT2D eigenvalue weighted by molar-refractivity contribution is 6.10. The number of Topliss-reactive ketones (excluding diaryl/α,β-unsaturated/α-hetero) is 1. The molecule has 0 spiro atoms. The van der Waals surface area contributed by atoms with Crippen LogP contribution in [0.3, 0.4) is 0 Å². The van der Waals surface area contributed by atoms with Crippen LogP contribution >= 0.6 is 0 Å². The summed E-state index contributed by atoms with van der Waals surface area (Å²) in [6.07, 6.45) is 5.41. The number of carbonyl (C=O) groups excluding carboxylic acids is 2. The van der Waals surface area contributed by atoms with E-state index in [1.165, 1.54) is 30.6 Å². The number of allylic oxidation sites excluding steroid dienone is 2. The van der Waals surface area contributed by atoms with E-state index in [9.17, 15) is 22.8 Å². The van der Waals surface area contributed by atoms with Crippen LogP contribution in [-0.4, -0.2) is 16.6 Å². The second-order valence-electron chi connectivity index (χ2n) is 8.30. The zero-order valence-corrected chi connectivity index (χ0v) is 17.5. The fourth-order valence-corrected chi connectivity index (χ4v) is 4.62. The summed E-state index contributed by atoms with van der Waals surface area (Å²) in [5.41, 5.74) is -0.484. The third kappa shape index (κ3) is 4.54. The van der Waals surface area contributed by atoms with Crippen LogP contribution in [0.4, 0.5) is 13.2 Å². The second kappa shape index (κ2) is 9.15. The fraction of sp³-hybridized carbons (Fsp3) is 0.308. The summed E-state index contributed by atoms with van der Waals surface area (Å²) in [6, 6.07) is 13.5. The molecule has 3 nitrogen and oxygen atoms in total. The van der Waals surface area contributed by atoms with Gasteiger partial charge in [-0.1, -0.05) is 67.8 Å². The third-order valence-corrected chi connectivity index (χ3v) is 6.24. The van der Waals surface area contributed by atoms with E-state index in [1.54, 1.807) is 30.3 Å². The first-order valence-corrected chi connectivity index (χ1v) is 10.8. The largest absolute Gasteiger partial charge is 0.417 e. The van der Waals surface area contributed by atoms with Crippen molar-refractivity contribution < 1.29 is 22.8 Å². The molecule has 1 unspecified atom stereocenters. The zero-order valence-electron chi connectivity index (χ0n) is 17.5. The van der Waals surface area contributed by atoms with Gasteiger partial charge in [-0.2, -0.15) is 13.2 Å². The highest BCUT2D eigenvalue weighted by atomic mass is 19.4. The Kier molecular flexibility index (Phi) is 6.31. The summed E-state index contributed by atoms with van der Waals surface area (Å²) < 4.78 is 40.3. The topological polar surface area (TPSA) is 37.4 Å². The lowest BCUT2D eigenvalue weighted by Gasteiger charge is -2.33. The van der Waals surface area contributed by atoms with Crippen LogP contribution < -0.4 is 0 Å². The Balaban J connectivity index is 1.71. The molecule has 1 amide bonds. The van der Waals surface area contributed by atoms with Crippen molar-refractivity contribution in [2.24, 2.45) is 11.8 Å². The molecule has 1 saturated carbocycles. The molecule has 32 heavy (non-hydrogen) atoms. The van der Waals surface area contributed by atoms with E-state index in [4.69, 9.17) is 0 Å². The van der Waals surface area contributed by atoms with Crippen molar-refractivity contribution >= 4 is 11.7 Å². The van der Waals surface area contributed by atoms with E-state index in [0.29, 0.717) is 11.1 Å². The third-order valence-electron chi connectivity index (χ3n) is 6.24. The van der Waals surface area contributed by atoms with Crippen LogP contribution in [0.25, 0.3) is 0 Å². The summed E-state index contributed by atoms with van der Waals surface area (Å²) in [5, 5.41) is 0. The molecule has 2 aliphatic rings. The molecule has 1 aliphatic carbocycles. The quantitative estimate of drug-likeness (QED) is 0.501. The molecule has 1 atom stereocenters. The van der Waals surface area contributed by atoms with Crippen LogP contribution in [0.15, 0.2) is 78.6 Å². The first kappa shape index (κ1) is 22.1. The summed E-state index contributed by atoms with van der Waals surface area (Å²) >= 11 is 0. The van der Waals surface area contributed by atoms with Gasteiger partial charge in [-0.25, -0.2) is 0 Å². The molecule has 166 valence electrons. The molecule has 6 heteroatoms. The number of rotatable bonds is 4. The number of nitrogens with zero attached hydrogens (tertiary/aromatic N) is 1. The first-order chi connectivity index (χ1) is 15.4. The van der Waals surface area contributed by atoms with Crippen molar-refractivity contribution in [3.05, 3.63) is 95.3 Å². The van der Waals surface area contributed by atoms with Gasteiger partial charge in [0.25, 0.3) is 5.91 Å². The van der Waals surface area contributed by atoms with Gasteiger partial charge in [0.1, 0.15) is 0 Å². The van der Waals surface area contributed by atoms with Crippen LogP contribution in [0.5, 0.6) is 0 Å². The van der Waals surface area contributed by atoms with Crippen molar-refractivity contribution in [1.82, 2.24) is 4.90 Å². The van der Waals surface area contributed by atoms with Crippen molar-refractivity contribution in [3.8, 4) is 0 Å². The van der Waals surface area contributed by atoms with E-state index in [-0.39, 0.29) is 17.6 Å². The average Bonchev–Trinajstić information content (AvgIpc) is 2.83. The maximum absolute atomic E-state index is 13.4. The molecule has 4 rings (SSSR count). The van der Waals surface area contributed by atoms with Crippen LogP contribution in [0.2, 0.25) is 0 Å². The van der Waals surface area contributed by atoms with Gasteiger partial charge in [0.2, 0.25) is 0 Å². The first-order valence-electron chi connectivity index (χ1n) is 10.8. The molecular formula is C26H24F3NO2. The zero-order chi connectivity index (χ0) is 22.7. The number of hydrogen-bond donors (Lipinski definition) is 0. The normalized spacial score (nSPS) is 19.5. The number of benzene rings is 2. The molecule has 0 aromatic heterocycles. The molecule has 0 radical (unpaired) electrons. The Morgan fingerprint density at radius 3 is 2.22 bits per heavy atom. The number of halogens is 3. The Morgan fingerprint density at radius 2 is 1.53 bits per heavy atom. The van der Waals surface area contributed by atoms with Crippen LogP contribution in [-0.2, 0) is 6.18 Å². The summed E-state index contributed by atoms with van der Waals surface area (Å²) in [4.78, 5) is 27.5. The molecule has 0 bridgehead atoms. The monoisotopic (exact) mass is 439 g/mol. The van der Waals surface area contributed by atoms with E-state index < -0.39 is 23.2 Å². The summed E-state index contributed by atoms with van der Waals surface area (Å²) in [7, 11) is 0. The fourth-order valence-electron chi connectivity index (χ4n) is 4.62. The Hall–Kier alpha value is -3.15. The highest BCUT2D eigenvalue weighted by Crippen LogP contribution is 2.39. The van der Waals surface area contributed by atoms with Crippen molar-refractivity contribution in [3.63, 3.8) is 0 Å². The number of amides is 1. The molecule has 1 fully saturated rings. The number of ketones is 1. The van der Waals surface area contributed by atoms with Gasteiger partial charge in [0, 0.05) is 29.5 Å². The van der Waals surface area contributed by atoms with Gasteiger partial charge in [-0.15, -0.1) is 0 Å². The Morgan fingerprint density at radius 1 is 0.875 bits per heavy atom. The Labute approximate surface area is 185 Å². The van der Waals surface area contributed by atoms with Gasteiger partial charge in [0.05, 0.1) is 11.1 Å². The molecule has 0 N–H and O–H groups in total. The van der Waals surface area contributed by atoms with Gasteiger partial charge >= 0.3 is 6.18 Å². The van der Waals surface area contributed by atoms with Gasteiger partial charge in [-0.05, 0) is 30.9 Å². The molecule has 0 saturated heterocycles. The maximum Gasteiger partial charge on any atom is 0.417 e. The second-order valence-corrected chi connectivity index (χ2v) is 8.30. The van der Waals surface area contributed by atoms with Crippen molar-refractivity contribution in [1.29, 1.82) is 0 Å². The molecule has 1 aliphatic heterocycles. The number of hydrogen-bond acceptors (Lipinski definition) is 2. The molecule has 1 heterocycles. The van der Waals surface area contributed by atoms with Crippen LogP contribution in [0, 0.1) is 11.8 Å². The predicted molar refractivity (Wildman–Crippen MR) is 116 cm³/mol. The SMILES string of the molecule is O=C(C1=CN(C(=O)c2ccccc2C(F)(F)F)C=CC1C1CCCCC1)c1ccccc1. The summed E-state index contributed by atoms with van der Waals surface area (Å²) in [6.45, 7) is 0. The van der Waals surface area contributed by atoms with Crippen molar-refractivity contribution in [2.75, 3.05) is 0 Å². The standard InChI is InChI=1S/C26H24F3NO2/c27-26(28,29)23-14-8-7-13-21(23)25(32)30-16-15-20(18-9-3-1-4-10-18)22(17-30)24(31)19-11-5-2-6-12-19/h2,5-8,11-18,20H,1,3-4,9-10H2. The van der Waals surface area contributed by atoms with Crippen LogP contribution in [0.1, 0.15) is 58.4 Å². The maximum atomic E-state index is 13.4. The summed E-state index contributed by atoms with van der Waals surface area (Å²) in [5.74, 6) is -0.898. The molecule has 2 aromatic rings. The van der Waals surface area contributed by atoms with Gasteiger partial charge < -0.3 is 0 Å². The average molecular weight is 439 g/mol. The van der Waals surface area contributed by atoms with E-state index in [2.05, 4.69) is 0 Å². The molecular weight excluding hydrogens is 415 g/mol. The van der Waals surface area contributed by atoms with Crippen molar-refractivity contribution in [2.45, 2.75) is 38.3 Å². The minimum Gasteiger partial charge on any atom is -0.290 e. The Bertz CT molecular complexity index is 1050.